The van der Waals surface area contributed by atoms with Crippen LogP contribution in [0.1, 0.15) is 43.2 Å². The standard InChI is InChI=1S/C29H37N3O5/c1-19(2)13-15-30-28(34)29(3)18-31-22-10-8-7-9-21(22)17-23(31)27(33)32(29)16-14-20-11-12-24(35-4)26(37-6)25(20)36-5/h7-12,17,19H,13-16,18H2,1-6H3,(H,30,34). The molecule has 1 unspecified atom stereocenters. The SMILES string of the molecule is COc1ccc(CCN2C(=O)c3cc4ccccc4n3CC2(C)C(=O)NCCC(C)C)c(OC)c1OC. The highest BCUT2D eigenvalue weighted by Gasteiger charge is 2.47. The molecule has 4 rings (SSSR count). The number of nitrogens with zero attached hydrogens (tertiary/aromatic N) is 2. The van der Waals surface area contributed by atoms with Crippen molar-refractivity contribution in [2.45, 2.75) is 45.7 Å². The second-order valence-electron chi connectivity index (χ2n) is 10.1. The Kier molecular flexibility index (Phi) is 7.66. The molecule has 0 saturated heterocycles. The lowest BCUT2D eigenvalue weighted by Crippen LogP contribution is -2.64. The minimum absolute atomic E-state index is 0.149. The van der Waals surface area contributed by atoms with Crippen LogP contribution in [0.25, 0.3) is 10.9 Å². The molecule has 0 bridgehead atoms. The van der Waals surface area contributed by atoms with Gasteiger partial charge in [-0.2, -0.15) is 0 Å². The van der Waals surface area contributed by atoms with Gasteiger partial charge in [-0.3, -0.25) is 9.59 Å². The first-order chi connectivity index (χ1) is 17.7. The van der Waals surface area contributed by atoms with Gasteiger partial charge >= 0.3 is 0 Å². The third-order valence-electron chi connectivity index (χ3n) is 7.22. The van der Waals surface area contributed by atoms with Crippen LogP contribution in [0.3, 0.4) is 0 Å². The number of hydrogen-bond donors (Lipinski definition) is 1. The van der Waals surface area contributed by atoms with E-state index in [1.54, 1.807) is 26.2 Å². The fraction of sp³-hybridized carbons (Fsp3) is 0.448. The second kappa shape index (κ2) is 10.7. The van der Waals surface area contributed by atoms with Crippen LogP contribution >= 0.6 is 0 Å². The molecule has 37 heavy (non-hydrogen) atoms. The maximum atomic E-state index is 13.9. The summed E-state index contributed by atoms with van der Waals surface area (Å²) in [6.07, 6.45) is 1.35. The zero-order valence-electron chi connectivity index (χ0n) is 22.6. The van der Waals surface area contributed by atoms with Crippen molar-refractivity contribution in [1.29, 1.82) is 0 Å². The average Bonchev–Trinajstić information content (AvgIpc) is 3.26. The first kappa shape index (κ1) is 26.4. The summed E-state index contributed by atoms with van der Waals surface area (Å²) in [5, 5.41) is 4.08. The second-order valence-corrected chi connectivity index (χ2v) is 10.1. The summed E-state index contributed by atoms with van der Waals surface area (Å²) in [6.45, 7) is 7.38. The fourth-order valence-corrected chi connectivity index (χ4v) is 5.11. The maximum absolute atomic E-state index is 13.9. The number of carbonyl (C=O) groups is 2. The molecule has 2 amide bonds. The van der Waals surface area contributed by atoms with Crippen LogP contribution in [-0.4, -0.2) is 61.2 Å². The van der Waals surface area contributed by atoms with E-state index in [4.69, 9.17) is 14.2 Å². The molecule has 3 aromatic rings. The molecule has 0 fully saturated rings. The normalized spacial score (nSPS) is 17.2. The number of fused-ring (bicyclic) bond motifs is 3. The van der Waals surface area contributed by atoms with E-state index < -0.39 is 5.54 Å². The van der Waals surface area contributed by atoms with E-state index in [1.807, 2.05) is 54.0 Å². The fourth-order valence-electron chi connectivity index (χ4n) is 5.11. The van der Waals surface area contributed by atoms with Crippen LogP contribution in [0.2, 0.25) is 0 Å². The lowest BCUT2D eigenvalue weighted by molar-refractivity contribution is -0.132. The summed E-state index contributed by atoms with van der Waals surface area (Å²) in [5.41, 5.74) is 1.34. The number of para-hydroxylation sites is 1. The van der Waals surface area contributed by atoms with Crippen LogP contribution in [-0.2, 0) is 17.8 Å². The molecule has 1 atom stereocenters. The number of aromatic nitrogens is 1. The van der Waals surface area contributed by atoms with E-state index in [9.17, 15) is 9.59 Å². The van der Waals surface area contributed by atoms with Crippen molar-refractivity contribution in [3.05, 3.63) is 53.7 Å². The minimum atomic E-state index is -1.06. The minimum Gasteiger partial charge on any atom is -0.493 e. The molecule has 0 aliphatic carbocycles. The Hall–Kier alpha value is -3.68. The van der Waals surface area contributed by atoms with Crippen LogP contribution in [0.15, 0.2) is 42.5 Å². The van der Waals surface area contributed by atoms with Gasteiger partial charge < -0.3 is 29.0 Å². The van der Waals surface area contributed by atoms with Gasteiger partial charge in [-0.1, -0.05) is 38.1 Å². The molecule has 0 radical (unpaired) electrons. The molecular formula is C29H37N3O5. The summed E-state index contributed by atoms with van der Waals surface area (Å²) in [7, 11) is 4.72. The van der Waals surface area contributed by atoms with E-state index in [1.165, 1.54) is 0 Å². The Labute approximate surface area is 218 Å². The smallest absolute Gasteiger partial charge is 0.271 e. The van der Waals surface area contributed by atoms with Gasteiger partial charge in [0.15, 0.2) is 11.5 Å². The van der Waals surface area contributed by atoms with Crippen molar-refractivity contribution in [2.75, 3.05) is 34.4 Å². The Morgan fingerprint density at radius 1 is 1.05 bits per heavy atom. The Bertz CT molecular complexity index is 1300. The van der Waals surface area contributed by atoms with Gasteiger partial charge in [0, 0.05) is 29.6 Å². The quantitative estimate of drug-likeness (QED) is 0.443. The lowest BCUT2D eigenvalue weighted by Gasteiger charge is -2.44. The zero-order valence-corrected chi connectivity index (χ0v) is 22.6. The molecule has 1 N–H and O–H groups in total. The predicted molar refractivity (Wildman–Crippen MR) is 144 cm³/mol. The Balaban J connectivity index is 1.70. The summed E-state index contributed by atoms with van der Waals surface area (Å²) in [6, 6.07) is 13.5. The molecule has 8 nitrogen and oxygen atoms in total. The van der Waals surface area contributed by atoms with Gasteiger partial charge in [0.2, 0.25) is 11.7 Å². The number of ether oxygens (including phenoxy) is 3. The first-order valence-corrected chi connectivity index (χ1v) is 12.7. The largest absolute Gasteiger partial charge is 0.493 e. The summed E-state index contributed by atoms with van der Waals surface area (Å²) in [4.78, 5) is 29.3. The van der Waals surface area contributed by atoms with Gasteiger partial charge in [-0.25, -0.2) is 0 Å². The van der Waals surface area contributed by atoms with Gasteiger partial charge in [-0.05, 0) is 43.9 Å². The number of hydrogen-bond acceptors (Lipinski definition) is 5. The molecule has 0 spiro atoms. The zero-order chi connectivity index (χ0) is 26.7. The average molecular weight is 508 g/mol. The van der Waals surface area contributed by atoms with Gasteiger partial charge in [-0.15, -0.1) is 0 Å². The van der Waals surface area contributed by atoms with Crippen LogP contribution in [0, 0.1) is 5.92 Å². The van der Waals surface area contributed by atoms with Crippen molar-refractivity contribution < 1.29 is 23.8 Å². The maximum Gasteiger partial charge on any atom is 0.271 e. The van der Waals surface area contributed by atoms with Crippen molar-refractivity contribution in [2.24, 2.45) is 5.92 Å². The molecule has 2 heterocycles. The van der Waals surface area contributed by atoms with Crippen LogP contribution < -0.4 is 19.5 Å². The van der Waals surface area contributed by atoms with E-state index in [0.29, 0.717) is 54.9 Å². The van der Waals surface area contributed by atoms with E-state index in [2.05, 4.69) is 19.2 Å². The van der Waals surface area contributed by atoms with E-state index >= 15 is 0 Å². The summed E-state index contributed by atoms with van der Waals surface area (Å²) >= 11 is 0. The molecular weight excluding hydrogens is 470 g/mol. The Morgan fingerprint density at radius 3 is 2.46 bits per heavy atom. The summed E-state index contributed by atoms with van der Waals surface area (Å²) in [5.74, 6) is 1.78. The number of nitrogens with one attached hydrogen (secondary N) is 1. The molecule has 1 aliphatic heterocycles. The van der Waals surface area contributed by atoms with Crippen molar-refractivity contribution >= 4 is 22.7 Å². The molecule has 2 aromatic carbocycles. The number of carbonyl (C=O) groups excluding carboxylic acids is 2. The van der Waals surface area contributed by atoms with Gasteiger partial charge in [0.25, 0.3) is 5.91 Å². The highest BCUT2D eigenvalue weighted by atomic mass is 16.5. The van der Waals surface area contributed by atoms with E-state index in [-0.39, 0.29) is 11.8 Å². The highest BCUT2D eigenvalue weighted by molar-refractivity contribution is 6.03. The molecule has 1 aliphatic rings. The van der Waals surface area contributed by atoms with Crippen molar-refractivity contribution in [3.63, 3.8) is 0 Å². The monoisotopic (exact) mass is 507 g/mol. The molecule has 8 heteroatoms. The number of amides is 2. The number of rotatable bonds is 10. The Morgan fingerprint density at radius 2 is 1.78 bits per heavy atom. The van der Waals surface area contributed by atoms with Crippen molar-refractivity contribution in [1.82, 2.24) is 14.8 Å². The van der Waals surface area contributed by atoms with Crippen LogP contribution in [0.4, 0.5) is 0 Å². The topological polar surface area (TPSA) is 82.0 Å². The first-order valence-electron chi connectivity index (χ1n) is 12.7. The molecule has 1 aromatic heterocycles. The predicted octanol–water partition coefficient (Wildman–Crippen LogP) is 4.29. The van der Waals surface area contributed by atoms with Gasteiger partial charge in [0.05, 0.1) is 27.9 Å². The van der Waals surface area contributed by atoms with Crippen molar-refractivity contribution in [3.8, 4) is 17.2 Å². The third-order valence-corrected chi connectivity index (χ3v) is 7.22. The third kappa shape index (κ3) is 4.84. The number of benzene rings is 2. The lowest BCUT2D eigenvalue weighted by atomic mass is 9.93. The van der Waals surface area contributed by atoms with Crippen LogP contribution in [0.5, 0.6) is 17.2 Å². The number of methoxy groups -OCH3 is 3. The molecule has 0 saturated carbocycles. The summed E-state index contributed by atoms with van der Waals surface area (Å²) < 4.78 is 18.6. The van der Waals surface area contributed by atoms with Gasteiger partial charge in [0.1, 0.15) is 11.2 Å². The molecule has 198 valence electrons. The van der Waals surface area contributed by atoms with E-state index in [0.717, 1.165) is 22.9 Å². The highest BCUT2D eigenvalue weighted by Crippen LogP contribution is 2.40.